The molecule has 1 N–H and O–H groups in total. The molecule has 3 aromatic rings. The molecule has 6 nitrogen and oxygen atoms in total. The first-order valence-corrected chi connectivity index (χ1v) is 8.57. The van der Waals surface area contributed by atoms with Crippen LogP contribution in [0.1, 0.15) is 5.89 Å². The molecule has 0 aliphatic heterocycles. The van der Waals surface area contributed by atoms with Crippen LogP contribution in [-0.4, -0.2) is 34.6 Å². The van der Waals surface area contributed by atoms with Gasteiger partial charge in [0.15, 0.2) is 0 Å². The molecule has 1 amide bonds. The SMILES string of the molecule is CN(CC(=O)Nc1cccc(Cl)c1)Cc1nnc(-c2ccc(Cl)cc2)o1. The van der Waals surface area contributed by atoms with E-state index in [-0.39, 0.29) is 12.5 Å². The highest BCUT2D eigenvalue weighted by Gasteiger charge is 2.13. The van der Waals surface area contributed by atoms with Crippen LogP contribution in [0.3, 0.4) is 0 Å². The summed E-state index contributed by atoms with van der Waals surface area (Å²) in [6.07, 6.45) is 0. The molecule has 2 aromatic carbocycles. The summed E-state index contributed by atoms with van der Waals surface area (Å²) in [4.78, 5) is 13.9. The van der Waals surface area contributed by atoms with Crippen molar-refractivity contribution < 1.29 is 9.21 Å². The molecule has 0 radical (unpaired) electrons. The maximum Gasteiger partial charge on any atom is 0.247 e. The number of halogens is 2. The second-order valence-corrected chi connectivity index (χ2v) is 6.61. The lowest BCUT2D eigenvalue weighted by Gasteiger charge is -2.14. The fourth-order valence-corrected chi connectivity index (χ4v) is 2.64. The molecule has 0 aliphatic carbocycles. The summed E-state index contributed by atoms with van der Waals surface area (Å²) >= 11 is 11.8. The maximum atomic E-state index is 12.1. The van der Waals surface area contributed by atoms with E-state index in [4.69, 9.17) is 27.6 Å². The zero-order chi connectivity index (χ0) is 18.5. The predicted molar refractivity (Wildman–Crippen MR) is 101 cm³/mol. The number of hydrogen-bond donors (Lipinski definition) is 1. The minimum atomic E-state index is -0.160. The number of amides is 1. The molecule has 0 saturated heterocycles. The van der Waals surface area contributed by atoms with E-state index in [1.54, 1.807) is 48.3 Å². The van der Waals surface area contributed by atoms with E-state index in [0.29, 0.717) is 34.1 Å². The van der Waals surface area contributed by atoms with Crippen LogP contribution < -0.4 is 5.32 Å². The summed E-state index contributed by atoms with van der Waals surface area (Å²) in [5.41, 5.74) is 1.44. The van der Waals surface area contributed by atoms with Crippen LogP contribution in [0.2, 0.25) is 10.0 Å². The fourth-order valence-electron chi connectivity index (χ4n) is 2.33. The molecule has 26 heavy (non-hydrogen) atoms. The number of carbonyl (C=O) groups excluding carboxylic acids is 1. The minimum absolute atomic E-state index is 0.160. The highest BCUT2D eigenvalue weighted by atomic mass is 35.5. The average molecular weight is 391 g/mol. The Morgan fingerprint density at radius 3 is 2.62 bits per heavy atom. The first-order chi connectivity index (χ1) is 12.5. The summed E-state index contributed by atoms with van der Waals surface area (Å²) in [5.74, 6) is 0.675. The van der Waals surface area contributed by atoms with Gasteiger partial charge >= 0.3 is 0 Å². The Morgan fingerprint density at radius 1 is 1.12 bits per heavy atom. The second kappa shape index (κ2) is 8.31. The summed E-state index contributed by atoms with van der Waals surface area (Å²) in [5, 5.41) is 12.0. The molecule has 0 unspecified atom stereocenters. The number of nitrogens with one attached hydrogen (secondary N) is 1. The maximum absolute atomic E-state index is 12.1. The van der Waals surface area contributed by atoms with Crippen LogP contribution in [0.5, 0.6) is 0 Å². The standard InChI is InChI=1S/C18H16Cl2N4O2/c1-24(10-16(25)21-15-4-2-3-14(20)9-15)11-17-22-23-18(26-17)12-5-7-13(19)8-6-12/h2-9H,10-11H2,1H3,(H,21,25). The number of nitrogens with zero attached hydrogens (tertiary/aromatic N) is 3. The van der Waals surface area contributed by atoms with Crippen molar-refractivity contribution in [3.8, 4) is 11.5 Å². The third-order valence-electron chi connectivity index (χ3n) is 3.49. The van der Waals surface area contributed by atoms with E-state index in [1.807, 2.05) is 12.1 Å². The average Bonchev–Trinajstić information content (AvgIpc) is 3.03. The van der Waals surface area contributed by atoms with Gasteiger partial charge in [0.2, 0.25) is 17.7 Å². The van der Waals surface area contributed by atoms with Gasteiger partial charge in [-0.1, -0.05) is 29.3 Å². The van der Waals surface area contributed by atoms with Gasteiger partial charge in [0.25, 0.3) is 0 Å². The first kappa shape index (κ1) is 18.4. The lowest BCUT2D eigenvalue weighted by atomic mass is 10.2. The van der Waals surface area contributed by atoms with Crippen molar-refractivity contribution in [1.29, 1.82) is 0 Å². The number of rotatable bonds is 6. The Morgan fingerprint density at radius 2 is 1.88 bits per heavy atom. The van der Waals surface area contributed by atoms with Crippen LogP contribution in [0.25, 0.3) is 11.5 Å². The van der Waals surface area contributed by atoms with Gasteiger partial charge in [0, 0.05) is 21.3 Å². The van der Waals surface area contributed by atoms with E-state index in [2.05, 4.69) is 15.5 Å². The summed E-state index contributed by atoms with van der Waals surface area (Å²) in [6, 6.07) is 14.1. The van der Waals surface area contributed by atoms with Gasteiger partial charge in [-0.05, 0) is 49.5 Å². The normalized spacial score (nSPS) is 10.9. The van der Waals surface area contributed by atoms with Crippen LogP contribution >= 0.6 is 23.2 Å². The van der Waals surface area contributed by atoms with Crippen molar-refractivity contribution in [2.24, 2.45) is 0 Å². The van der Waals surface area contributed by atoms with E-state index in [9.17, 15) is 4.79 Å². The lowest BCUT2D eigenvalue weighted by Crippen LogP contribution is -2.29. The van der Waals surface area contributed by atoms with E-state index in [0.717, 1.165) is 5.56 Å². The van der Waals surface area contributed by atoms with Crippen LogP contribution in [0, 0.1) is 0 Å². The molecule has 0 atom stereocenters. The highest BCUT2D eigenvalue weighted by Crippen LogP contribution is 2.20. The number of benzene rings is 2. The number of hydrogen-bond acceptors (Lipinski definition) is 5. The monoisotopic (exact) mass is 390 g/mol. The van der Waals surface area contributed by atoms with Gasteiger partial charge in [-0.15, -0.1) is 10.2 Å². The molecule has 134 valence electrons. The van der Waals surface area contributed by atoms with Gasteiger partial charge in [0.1, 0.15) is 0 Å². The van der Waals surface area contributed by atoms with Gasteiger partial charge in [-0.25, -0.2) is 0 Å². The van der Waals surface area contributed by atoms with E-state index >= 15 is 0 Å². The van der Waals surface area contributed by atoms with Crippen molar-refractivity contribution in [3.63, 3.8) is 0 Å². The second-order valence-electron chi connectivity index (χ2n) is 5.74. The molecule has 8 heteroatoms. The fraction of sp³-hybridized carbons (Fsp3) is 0.167. The molecule has 0 fully saturated rings. The van der Waals surface area contributed by atoms with Gasteiger partial charge in [-0.3, -0.25) is 9.69 Å². The van der Waals surface area contributed by atoms with Crippen molar-refractivity contribution in [2.45, 2.75) is 6.54 Å². The molecule has 0 saturated carbocycles. The molecule has 3 rings (SSSR count). The molecular weight excluding hydrogens is 375 g/mol. The third-order valence-corrected chi connectivity index (χ3v) is 3.97. The molecule has 1 heterocycles. The zero-order valence-electron chi connectivity index (χ0n) is 13.9. The van der Waals surface area contributed by atoms with Gasteiger partial charge in [0.05, 0.1) is 13.1 Å². The smallest absolute Gasteiger partial charge is 0.247 e. The van der Waals surface area contributed by atoms with Crippen LogP contribution in [0.4, 0.5) is 5.69 Å². The molecule has 0 bridgehead atoms. The summed E-state index contributed by atoms with van der Waals surface area (Å²) in [7, 11) is 1.80. The lowest BCUT2D eigenvalue weighted by molar-refractivity contribution is -0.117. The Kier molecular flexibility index (Phi) is 5.88. The molecule has 0 aliphatic rings. The highest BCUT2D eigenvalue weighted by molar-refractivity contribution is 6.31. The van der Waals surface area contributed by atoms with Crippen LogP contribution in [0.15, 0.2) is 52.9 Å². The van der Waals surface area contributed by atoms with Crippen molar-refractivity contribution >= 4 is 34.8 Å². The molecule has 0 spiro atoms. The number of likely N-dealkylation sites (N-methyl/N-ethyl adjacent to an activating group) is 1. The molecular formula is C18H16Cl2N4O2. The van der Waals surface area contributed by atoms with Crippen molar-refractivity contribution in [3.05, 3.63) is 64.5 Å². The predicted octanol–water partition coefficient (Wildman–Crippen LogP) is 4.11. The summed E-state index contributed by atoms with van der Waals surface area (Å²) < 4.78 is 5.64. The van der Waals surface area contributed by atoms with E-state index in [1.165, 1.54) is 0 Å². The Labute approximate surface area is 160 Å². The Balaban J connectivity index is 1.55. The third kappa shape index (κ3) is 5.05. The van der Waals surface area contributed by atoms with Crippen molar-refractivity contribution in [1.82, 2.24) is 15.1 Å². The molecule has 1 aromatic heterocycles. The Bertz CT molecular complexity index is 896. The number of aromatic nitrogens is 2. The van der Waals surface area contributed by atoms with Gasteiger partial charge < -0.3 is 9.73 Å². The van der Waals surface area contributed by atoms with Crippen molar-refractivity contribution in [2.75, 3.05) is 18.9 Å². The number of carbonyl (C=O) groups is 1. The topological polar surface area (TPSA) is 71.3 Å². The summed E-state index contributed by atoms with van der Waals surface area (Å²) in [6.45, 7) is 0.523. The zero-order valence-corrected chi connectivity index (χ0v) is 15.5. The van der Waals surface area contributed by atoms with Crippen LogP contribution in [-0.2, 0) is 11.3 Å². The first-order valence-electron chi connectivity index (χ1n) is 7.82. The van der Waals surface area contributed by atoms with E-state index < -0.39 is 0 Å². The minimum Gasteiger partial charge on any atom is -0.419 e. The quantitative estimate of drug-likeness (QED) is 0.685. The Hall–Kier alpha value is -2.41. The number of anilines is 1. The van der Waals surface area contributed by atoms with Gasteiger partial charge in [-0.2, -0.15) is 0 Å². The largest absolute Gasteiger partial charge is 0.419 e.